The molecule has 112 valence electrons. The number of hydrogen-bond acceptors (Lipinski definition) is 6. The number of nitro groups is 1. The van der Waals surface area contributed by atoms with Crippen LogP contribution in [-0.2, 0) is 6.42 Å². The Balaban J connectivity index is 3.29. The highest BCUT2D eigenvalue weighted by atomic mass is 16.6. The Morgan fingerprint density at radius 3 is 2.55 bits per heavy atom. The Kier molecular flexibility index (Phi) is 6.14. The summed E-state index contributed by atoms with van der Waals surface area (Å²) in [7, 11) is 0. The first-order valence-corrected chi connectivity index (χ1v) is 6.98. The van der Waals surface area contributed by atoms with Crippen molar-refractivity contribution < 1.29 is 9.66 Å². The van der Waals surface area contributed by atoms with Crippen molar-refractivity contribution in [2.75, 3.05) is 11.9 Å². The summed E-state index contributed by atoms with van der Waals surface area (Å²) >= 11 is 0. The zero-order valence-corrected chi connectivity index (χ0v) is 12.5. The van der Waals surface area contributed by atoms with Crippen molar-refractivity contribution in [3.8, 4) is 5.88 Å². The van der Waals surface area contributed by atoms with Crippen molar-refractivity contribution in [1.29, 1.82) is 0 Å². The molecule has 1 atom stereocenters. The van der Waals surface area contributed by atoms with Crippen LogP contribution in [0.1, 0.15) is 46.4 Å². The molecular formula is C13H22N4O3. The summed E-state index contributed by atoms with van der Waals surface area (Å²) in [5.41, 5.74) is -0.188. The van der Waals surface area contributed by atoms with Crippen LogP contribution in [-0.4, -0.2) is 27.5 Å². The van der Waals surface area contributed by atoms with Crippen LogP contribution in [0.25, 0.3) is 0 Å². The van der Waals surface area contributed by atoms with Crippen LogP contribution < -0.4 is 10.1 Å². The van der Waals surface area contributed by atoms with E-state index < -0.39 is 4.92 Å². The Labute approximate surface area is 118 Å². The monoisotopic (exact) mass is 282 g/mol. The van der Waals surface area contributed by atoms with Crippen molar-refractivity contribution in [3.05, 3.63) is 15.9 Å². The number of hydrogen-bond donors (Lipinski definition) is 1. The molecule has 1 aromatic rings. The first-order chi connectivity index (χ1) is 9.53. The van der Waals surface area contributed by atoms with Crippen molar-refractivity contribution in [1.82, 2.24) is 9.97 Å². The van der Waals surface area contributed by atoms with Gasteiger partial charge in [0.05, 0.1) is 11.5 Å². The average Bonchev–Trinajstić information content (AvgIpc) is 2.38. The summed E-state index contributed by atoms with van der Waals surface area (Å²) in [6.07, 6.45) is 2.37. The van der Waals surface area contributed by atoms with E-state index >= 15 is 0 Å². The fourth-order valence-electron chi connectivity index (χ4n) is 1.65. The molecule has 1 N–H and O–H groups in total. The number of nitrogens with one attached hydrogen (secondary N) is 1. The minimum Gasteiger partial charge on any atom is -0.473 e. The zero-order chi connectivity index (χ0) is 15.1. The Hall–Kier alpha value is -1.92. The fraction of sp³-hybridized carbons (Fsp3) is 0.692. The topological polar surface area (TPSA) is 90.2 Å². The van der Waals surface area contributed by atoms with Gasteiger partial charge in [0.1, 0.15) is 5.82 Å². The molecule has 0 amide bonds. The highest BCUT2D eigenvalue weighted by Gasteiger charge is 2.26. The molecule has 0 aliphatic heterocycles. The number of anilines is 1. The number of nitrogens with zero attached hydrogens (tertiary/aromatic N) is 3. The van der Waals surface area contributed by atoms with E-state index in [2.05, 4.69) is 15.3 Å². The lowest BCUT2D eigenvalue weighted by Crippen LogP contribution is -2.18. The summed E-state index contributed by atoms with van der Waals surface area (Å²) in [4.78, 5) is 19.2. The maximum absolute atomic E-state index is 11.3. The van der Waals surface area contributed by atoms with Crippen molar-refractivity contribution in [3.63, 3.8) is 0 Å². The van der Waals surface area contributed by atoms with Crippen LogP contribution in [0, 0.1) is 10.1 Å². The molecule has 0 fully saturated rings. The van der Waals surface area contributed by atoms with Crippen molar-refractivity contribution in [2.24, 2.45) is 0 Å². The van der Waals surface area contributed by atoms with Crippen LogP contribution in [0.4, 0.5) is 11.5 Å². The first kappa shape index (κ1) is 16.1. The third kappa shape index (κ3) is 4.04. The van der Waals surface area contributed by atoms with Gasteiger partial charge >= 0.3 is 5.69 Å². The average molecular weight is 282 g/mol. The third-order valence-corrected chi connectivity index (χ3v) is 2.83. The third-order valence-electron chi connectivity index (χ3n) is 2.83. The summed E-state index contributed by atoms with van der Waals surface area (Å²) in [5.74, 6) is 0.848. The summed E-state index contributed by atoms with van der Waals surface area (Å²) in [5, 5.41) is 14.3. The predicted molar refractivity (Wildman–Crippen MR) is 77.2 cm³/mol. The molecule has 0 spiro atoms. The maximum Gasteiger partial charge on any atom is 0.372 e. The molecular weight excluding hydrogens is 260 g/mol. The van der Waals surface area contributed by atoms with Gasteiger partial charge in [0.25, 0.3) is 5.88 Å². The molecule has 0 saturated heterocycles. The van der Waals surface area contributed by atoms with Crippen LogP contribution >= 0.6 is 0 Å². The standard InChI is InChI=1S/C13H22N4O3/c1-5-8-10-15-12(14-9(4)6-2)11(17(18)19)13(16-10)20-7-3/h9H,5-8H2,1-4H3,(H,14,15,16). The lowest BCUT2D eigenvalue weighted by Gasteiger charge is -2.14. The van der Waals surface area contributed by atoms with Gasteiger partial charge in [-0.15, -0.1) is 0 Å². The van der Waals surface area contributed by atoms with E-state index in [4.69, 9.17) is 4.74 Å². The van der Waals surface area contributed by atoms with Crippen molar-refractivity contribution >= 4 is 11.5 Å². The van der Waals surface area contributed by atoms with Gasteiger partial charge in [0.15, 0.2) is 0 Å². The molecule has 7 nitrogen and oxygen atoms in total. The molecule has 20 heavy (non-hydrogen) atoms. The van der Waals surface area contributed by atoms with E-state index in [1.165, 1.54) is 0 Å². The largest absolute Gasteiger partial charge is 0.473 e. The molecule has 0 bridgehead atoms. The van der Waals surface area contributed by atoms with Gasteiger partial charge in [-0.2, -0.15) is 4.98 Å². The van der Waals surface area contributed by atoms with Gasteiger partial charge in [-0.05, 0) is 26.7 Å². The van der Waals surface area contributed by atoms with Gasteiger partial charge in [0, 0.05) is 12.5 Å². The molecule has 1 rings (SSSR count). The van der Waals surface area contributed by atoms with Gasteiger partial charge in [-0.3, -0.25) is 10.1 Å². The number of aryl methyl sites for hydroxylation is 1. The SMILES string of the molecule is CCCc1nc(NC(C)CC)c([N+](=O)[O-])c(OCC)n1. The number of rotatable bonds is 8. The van der Waals surface area contributed by atoms with E-state index in [9.17, 15) is 10.1 Å². The lowest BCUT2D eigenvalue weighted by molar-refractivity contribution is -0.385. The molecule has 0 aromatic carbocycles. The Morgan fingerprint density at radius 1 is 1.35 bits per heavy atom. The van der Waals surface area contributed by atoms with Crippen LogP contribution in [0.5, 0.6) is 5.88 Å². The number of ether oxygens (including phenoxy) is 1. The van der Waals surface area contributed by atoms with Gasteiger partial charge in [-0.25, -0.2) is 4.98 Å². The van der Waals surface area contributed by atoms with E-state index in [1.807, 2.05) is 20.8 Å². The second-order valence-corrected chi connectivity index (χ2v) is 4.54. The summed E-state index contributed by atoms with van der Waals surface area (Å²) in [6, 6.07) is 0.0903. The minimum absolute atomic E-state index is 0.0433. The molecule has 1 unspecified atom stereocenters. The van der Waals surface area contributed by atoms with Crippen molar-refractivity contribution in [2.45, 2.75) is 53.0 Å². The Bertz CT molecular complexity index is 465. The first-order valence-electron chi connectivity index (χ1n) is 6.98. The molecule has 7 heteroatoms. The Morgan fingerprint density at radius 2 is 2.05 bits per heavy atom. The molecule has 1 aromatic heterocycles. The molecule has 0 aliphatic rings. The van der Waals surface area contributed by atoms with Crippen LogP contribution in [0.2, 0.25) is 0 Å². The van der Waals surface area contributed by atoms with Crippen LogP contribution in [0.15, 0.2) is 0 Å². The maximum atomic E-state index is 11.3. The van der Waals surface area contributed by atoms with E-state index in [-0.39, 0.29) is 23.4 Å². The second-order valence-electron chi connectivity index (χ2n) is 4.54. The molecule has 0 aliphatic carbocycles. The van der Waals surface area contributed by atoms with Gasteiger partial charge in [-0.1, -0.05) is 13.8 Å². The normalized spacial score (nSPS) is 12.0. The van der Waals surface area contributed by atoms with E-state index in [1.54, 1.807) is 6.92 Å². The summed E-state index contributed by atoms with van der Waals surface area (Å²) < 4.78 is 5.31. The summed E-state index contributed by atoms with van der Waals surface area (Å²) in [6.45, 7) is 8.05. The lowest BCUT2D eigenvalue weighted by atomic mass is 10.2. The fourth-order valence-corrected chi connectivity index (χ4v) is 1.65. The zero-order valence-electron chi connectivity index (χ0n) is 12.5. The van der Waals surface area contributed by atoms with Gasteiger partial charge < -0.3 is 10.1 Å². The highest BCUT2D eigenvalue weighted by Crippen LogP contribution is 2.32. The van der Waals surface area contributed by atoms with E-state index in [0.29, 0.717) is 18.9 Å². The minimum atomic E-state index is -0.495. The van der Waals surface area contributed by atoms with Gasteiger partial charge in [0.2, 0.25) is 5.82 Å². The van der Waals surface area contributed by atoms with E-state index in [0.717, 1.165) is 12.8 Å². The molecule has 1 heterocycles. The molecule has 0 radical (unpaired) electrons. The smallest absolute Gasteiger partial charge is 0.372 e. The quantitative estimate of drug-likeness (QED) is 0.582. The predicted octanol–water partition coefficient (Wildman–Crippen LogP) is 2.95. The molecule has 0 saturated carbocycles. The highest BCUT2D eigenvalue weighted by molar-refractivity contribution is 5.62. The second kappa shape index (κ2) is 7.62. The van der Waals surface area contributed by atoms with Crippen LogP contribution in [0.3, 0.4) is 0 Å². The number of aromatic nitrogens is 2.